The molecule has 0 saturated carbocycles. The van der Waals surface area contributed by atoms with E-state index in [1.54, 1.807) is 6.33 Å². The van der Waals surface area contributed by atoms with Crippen LogP contribution in [0.15, 0.2) is 6.33 Å². The molecule has 1 fully saturated rings. The predicted molar refractivity (Wildman–Crippen MR) is 77.4 cm³/mol. The fourth-order valence-electron chi connectivity index (χ4n) is 2.50. The summed E-state index contributed by atoms with van der Waals surface area (Å²) in [6.07, 6.45) is 4.93. The standard InChI is InChI=1S/C14H24N4O/c1-4-7-19-14-12(15)13(16-9-17-14)18-8-10(2)5-6-11(18)3/h9-11H,4-8,15H2,1-3H3. The Kier molecular flexibility index (Phi) is 4.45. The number of hydrogen-bond acceptors (Lipinski definition) is 5. The molecule has 0 amide bonds. The van der Waals surface area contributed by atoms with Gasteiger partial charge in [-0.2, -0.15) is 4.98 Å². The summed E-state index contributed by atoms with van der Waals surface area (Å²) < 4.78 is 5.58. The van der Waals surface area contributed by atoms with Gasteiger partial charge in [0.1, 0.15) is 12.0 Å². The zero-order chi connectivity index (χ0) is 13.8. The van der Waals surface area contributed by atoms with Gasteiger partial charge in [-0.1, -0.05) is 13.8 Å². The number of nitrogens with zero attached hydrogens (tertiary/aromatic N) is 3. The molecule has 1 saturated heterocycles. The van der Waals surface area contributed by atoms with Crippen LogP contribution in [0.1, 0.15) is 40.0 Å². The van der Waals surface area contributed by atoms with Gasteiger partial charge < -0.3 is 15.4 Å². The Morgan fingerprint density at radius 3 is 2.89 bits per heavy atom. The van der Waals surface area contributed by atoms with Crippen LogP contribution >= 0.6 is 0 Å². The number of aromatic nitrogens is 2. The Morgan fingerprint density at radius 1 is 1.37 bits per heavy atom. The second-order valence-electron chi connectivity index (χ2n) is 5.45. The molecule has 0 aliphatic carbocycles. The van der Waals surface area contributed by atoms with Crippen molar-refractivity contribution in [3.05, 3.63) is 6.33 Å². The highest BCUT2D eigenvalue weighted by molar-refractivity contribution is 5.68. The minimum atomic E-state index is 0.465. The average molecular weight is 264 g/mol. The summed E-state index contributed by atoms with van der Waals surface area (Å²) >= 11 is 0. The number of anilines is 2. The maximum Gasteiger partial charge on any atom is 0.242 e. The van der Waals surface area contributed by atoms with Gasteiger partial charge in [0, 0.05) is 12.6 Å². The summed E-state index contributed by atoms with van der Waals surface area (Å²) in [6.45, 7) is 8.18. The smallest absolute Gasteiger partial charge is 0.242 e. The molecular weight excluding hydrogens is 240 g/mol. The maximum atomic E-state index is 6.17. The molecule has 1 aliphatic rings. The zero-order valence-electron chi connectivity index (χ0n) is 12.1. The topological polar surface area (TPSA) is 64.3 Å². The third kappa shape index (κ3) is 3.08. The lowest BCUT2D eigenvalue weighted by Gasteiger charge is -2.38. The third-order valence-corrected chi connectivity index (χ3v) is 3.66. The fraction of sp³-hybridized carbons (Fsp3) is 0.714. The molecule has 0 spiro atoms. The summed E-state index contributed by atoms with van der Waals surface area (Å²) in [5.74, 6) is 2.00. The highest BCUT2D eigenvalue weighted by atomic mass is 16.5. The molecule has 0 bridgehead atoms. The van der Waals surface area contributed by atoms with E-state index in [4.69, 9.17) is 10.5 Å². The first-order valence-electron chi connectivity index (χ1n) is 7.13. The van der Waals surface area contributed by atoms with E-state index in [1.807, 2.05) is 0 Å². The molecule has 0 aromatic carbocycles. The van der Waals surface area contributed by atoms with Crippen molar-refractivity contribution in [2.24, 2.45) is 5.92 Å². The van der Waals surface area contributed by atoms with Gasteiger partial charge in [-0.3, -0.25) is 0 Å². The van der Waals surface area contributed by atoms with Crippen LogP contribution in [-0.2, 0) is 0 Å². The second kappa shape index (κ2) is 6.08. The summed E-state index contributed by atoms with van der Waals surface area (Å²) in [5.41, 5.74) is 6.74. The molecule has 2 unspecified atom stereocenters. The van der Waals surface area contributed by atoms with E-state index in [0.717, 1.165) is 18.8 Å². The second-order valence-corrected chi connectivity index (χ2v) is 5.45. The van der Waals surface area contributed by atoms with Crippen LogP contribution < -0.4 is 15.4 Å². The normalized spacial score (nSPS) is 23.4. The van der Waals surface area contributed by atoms with E-state index in [9.17, 15) is 0 Å². The molecule has 5 heteroatoms. The SMILES string of the molecule is CCCOc1ncnc(N2CC(C)CCC2C)c1N. The van der Waals surface area contributed by atoms with Crippen molar-refractivity contribution in [3.63, 3.8) is 0 Å². The van der Waals surface area contributed by atoms with Gasteiger partial charge in [0.05, 0.1) is 6.61 Å². The minimum Gasteiger partial charge on any atom is -0.476 e. The van der Waals surface area contributed by atoms with Gasteiger partial charge in [0.2, 0.25) is 5.88 Å². The van der Waals surface area contributed by atoms with Crippen LogP contribution in [0, 0.1) is 5.92 Å². The fourth-order valence-corrected chi connectivity index (χ4v) is 2.50. The molecule has 5 nitrogen and oxygen atoms in total. The van der Waals surface area contributed by atoms with Crippen molar-refractivity contribution in [2.45, 2.75) is 46.1 Å². The van der Waals surface area contributed by atoms with Crippen molar-refractivity contribution in [1.29, 1.82) is 0 Å². The molecule has 0 radical (unpaired) electrons. The minimum absolute atomic E-state index is 0.465. The van der Waals surface area contributed by atoms with Gasteiger partial charge >= 0.3 is 0 Å². The number of hydrogen-bond donors (Lipinski definition) is 1. The number of ether oxygens (including phenoxy) is 1. The Hall–Kier alpha value is -1.52. The molecule has 2 rings (SSSR count). The van der Waals surface area contributed by atoms with Gasteiger partial charge in [-0.25, -0.2) is 4.98 Å². The predicted octanol–water partition coefficient (Wildman–Crippen LogP) is 2.47. The first kappa shape index (κ1) is 13.9. The van der Waals surface area contributed by atoms with Crippen molar-refractivity contribution >= 4 is 11.5 Å². The summed E-state index contributed by atoms with van der Waals surface area (Å²) in [5, 5.41) is 0. The number of nitrogen functional groups attached to an aromatic ring is 1. The first-order valence-corrected chi connectivity index (χ1v) is 7.13. The highest BCUT2D eigenvalue weighted by Gasteiger charge is 2.26. The van der Waals surface area contributed by atoms with Gasteiger partial charge in [0.25, 0.3) is 0 Å². The first-order chi connectivity index (χ1) is 9.13. The van der Waals surface area contributed by atoms with Gasteiger partial charge in [-0.15, -0.1) is 0 Å². The third-order valence-electron chi connectivity index (χ3n) is 3.66. The van der Waals surface area contributed by atoms with Gasteiger partial charge in [0.15, 0.2) is 5.82 Å². The van der Waals surface area contributed by atoms with Crippen LogP contribution in [0.2, 0.25) is 0 Å². The lowest BCUT2D eigenvalue weighted by molar-refractivity contribution is 0.306. The van der Waals surface area contributed by atoms with E-state index >= 15 is 0 Å². The van der Waals surface area contributed by atoms with Crippen LogP contribution in [0.3, 0.4) is 0 Å². The quantitative estimate of drug-likeness (QED) is 0.905. The Morgan fingerprint density at radius 2 is 2.16 bits per heavy atom. The molecule has 2 atom stereocenters. The van der Waals surface area contributed by atoms with Crippen LogP contribution in [0.4, 0.5) is 11.5 Å². The van der Waals surface area contributed by atoms with Crippen molar-refractivity contribution in [2.75, 3.05) is 23.8 Å². The van der Waals surface area contributed by atoms with Gasteiger partial charge in [-0.05, 0) is 32.1 Å². The zero-order valence-corrected chi connectivity index (χ0v) is 12.1. The molecule has 2 heterocycles. The number of nitrogens with two attached hydrogens (primary N) is 1. The van der Waals surface area contributed by atoms with Crippen LogP contribution in [0.5, 0.6) is 5.88 Å². The molecule has 1 aliphatic heterocycles. The number of piperidine rings is 1. The van der Waals surface area contributed by atoms with Crippen molar-refractivity contribution < 1.29 is 4.74 Å². The Balaban J connectivity index is 2.23. The summed E-state index contributed by atoms with van der Waals surface area (Å²) in [6, 6.07) is 0.465. The largest absolute Gasteiger partial charge is 0.476 e. The van der Waals surface area contributed by atoms with E-state index in [2.05, 4.69) is 35.6 Å². The average Bonchev–Trinajstić information content (AvgIpc) is 2.41. The number of rotatable bonds is 4. The lowest BCUT2D eigenvalue weighted by Crippen LogP contribution is -2.42. The molecular formula is C14H24N4O. The van der Waals surface area contributed by atoms with Crippen molar-refractivity contribution in [1.82, 2.24) is 9.97 Å². The molecule has 19 heavy (non-hydrogen) atoms. The van der Waals surface area contributed by atoms with Crippen molar-refractivity contribution in [3.8, 4) is 5.88 Å². The molecule has 1 aromatic rings. The molecule has 1 aromatic heterocycles. The lowest BCUT2D eigenvalue weighted by atomic mass is 9.95. The highest BCUT2D eigenvalue weighted by Crippen LogP contribution is 2.33. The Labute approximate surface area is 115 Å². The summed E-state index contributed by atoms with van der Waals surface area (Å²) in [7, 11) is 0. The van der Waals surface area contributed by atoms with E-state index in [1.165, 1.54) is 12.8 Å². The van der Waals surface area contributed by atoms with Crippen LogP contribution in [0.25, 0.3) is 0 Å². The Bertz CT molecular complexity index is 424. The molecule has 106 valence electrons. The molecule has 2 N–H and O–H groups in total. The van der Waals surface area contributed by atoms with Crippen LogP contribution in [-0.4, -0.2) is 29.2 Å². The maximum absolute atomic E-state index is 6.17. The van der Waals surface area contributed by atoms with E-state index in [0.29, 0.717) is 30.1 Å². The summed E-state index contributed by atoms with van der Waals surface area (Å²) in [4.78, 5) is 10.8. The van der Waals surface area contributed by atoms with E-state index in [-0.39, 0.29) is 0 Å². The monoisotopic (exact) mass is 264 g/mol. The van der Waals surface area contributed by atoms with E-state index < -0.39 is 0 Å².